The number of hydrogen-bond donors (Lipinski definition) is 2. The van der Waals surface area contributed by atoms with Gasteiger partial charge in [-0.3, -0.25) is 14.4 Å². The van der Waals surface area contributed by atoms with E-state index in [9.17, 15) is 4.79 Å². The molecule has 0 bridgehead atoms. The van der Waals surface area contributed by atoms with Gasteiger partial charge in [-0.05, 0) is 70.8 Å². The third-order valence-corrected chi connectivity index (χ3v) is 5.80. The molecule has 6 nitrogen and oxygen atoms in total. The van der Waals surface area contributed by atoms with Gasteiger partial charge in [0.15, 0.2) is 0 Å². The Morgan fingerprint density at radius 1 is 1.38 bits per heavy atom. The van der Waals surface area contributed by atoms with Gasteiger partial charge in [-0.1, -0.05) is 6.92 Å². The number of likely N-dealkylation sites (tertiary alicyclic amines) is 1. The molecule has 3 rings (SSSR count). The van der Waals surface area contributed by atoms with Crippen LogP contribution in [0.4, 0.5) is 0 Å². The van der Waals surface area contributed by atoms with Crippen LogP contribution in [0.1, 0.15) is 39.5 Å². The van der Waals surface area contributed by atoms with Crippen molar-refractivity contribution in [3.8, 4) is 0 Å². The van der Waals surface area contributed by atoms with Crippen LogP contribution in [-0.2, 0) is 10.3 Å². The summed E-state index contributed by atoms with van der Waals surface area (Å²) < 4.78 is 1.86. The Labute approximate surface area is 145 Å². The van der Waals surface area contributed by atoms with E-state index in [2.05, 4.69) is 34.5 Å². The van der Waals surface area contributed by atoms with Crippen LogP contribution in [0.15, 0.2) is 18.5 Å². The summed E-state index contributed by atoms with van der Waals surface area (Å²) in [5.41, 5.74) is -0.537. The SMILES string of the molecule is CC1CCN(C(C)CNC(=O)C2(n3cccn3)CCNCC2)CC1. The second-order valence-corrected chi connectivity index (χ2v) is 7.51. The second kappa shape index (κ2) is 7.66. The van der Waals surface area contributed by atoms with E-state index in [1.54, 1.807) is 6.20 Å². The third-order valence-electron chi connectivity index (χ3n) is 5.80. The first-order valence-electron chi connectivity index (χ1n) is 9.35. The lowest BCUT2D eigenvalue weighted by atomic mass is 9.87. The molecule has 24 heavy (non-hydrogen) atoms. The fourth-order valence-corrected chi connectivity index (χ4v) is 3.93. The first-order chi connectivity index (χ1) is 11.6. The third kappa shape index (κ3) is 3.64. The number of amides is 1. The van der Waals surface area contributed by atoms with Gasteiger partial charge in [-0.15, -0.1) is 0 Å². The zero-order valence-electron chi connectivity index (χ0n) is 15.0. The van der Waals surface area contributed by atoms with Crippen LogP contribution in [-0.4, -0.2) is 59.4 Å². The summed E-state index contributed by atoms with van der Waals surface area (Å²) in [6.07, 6.45) is 7.78. The van der Waals surface area contributed by atoms with E-state index in [0.717, 1.165) is 44.9 Å². The number of aromatic nitrogens is 2. The quantitative estimate of drug-likeness (QED) is 0.850. The van der Waals surface area contributed by atoms with Gasteiger partial charge in [0.25, 0.3) is 0 Å². The van der Waals surface area contributed by atoms with Gasteiger partial charge in [-0.2, -0.15) is 5.10 Å². The van der Waals surface area contributed by atoms with Gasteiger partial charge < -0.3 is 10.6 Å². The molecule has 134 valence electrons. The second-order valence-electron chi connectivity index (χ2n) is 7.51. The summed E-state index contributed by atoms with van der Waals surface area (Å²) in [5.74, 6) is 0.950. The summed E-state index contributed by atoms with van der Waals surface area (Å²) in [4.78, 5) is 15.5. The largest absolute Gasteiger partial charge is 0.352 e. The van der Waals surface area contributed by atoms with Crippen LogP contribution in [0.25, 0.3) is 0 Å². The molecule has 2 saturated heterocycles. The molecular weight excluding hydrogens is 302 g/mol. The van der Waals surface area contributed by atoms with E-state index in [1.807, 2.05) is 16.9 Å². The first-order valence-corrected chi connectivity index (χ1v) is 9.35. The molecule has 1 aromatic heterocycles. The Morgan fingerprint density at radius 3 is 2.71 bits per heavy atom. The molecule has 0 spiro atoms. The highest BCUT2D eigenvalue weighted by molar-refractivity contribution is 5.84. The van der Waals surface area contributed by atoms with E-state index in [-0.39, 0.29) is 5.91 Å². The van der Waals surface area contributed by atoms with Crippen LogP contribution in [0.2, 0.25) is 0 Å². The summed E-state index contributed by atoms with van der Waals surface area (Å²) in [6, 6.07) is 2.28. The number of rotatable bonds is 5. The minimum absolute atomic E-state index is 0.116. The molecular formula is C18H31N5O. The Bertz CT molecular complexity index is 516. The number of piperidine rings is 2. The molecule has 2 N–H and O–H groups in total. The standard InChI is InChI=1S/C18H31N5O/c1-15-4-12-22(13-5-15)16(2)14-20-17(24)18(6-9-19-10-7-18)23-11-3-8-21-23/h3,8,11,15-16,19H,4-7,9-10,12-14H2,1-2H3,(H,20,24). The van der Waals surface area contributed by atoms with E-state index < -0.39 is 5.54 Å². The molecule has 1 unspecified atom stereocenters. The van der Waals surface area contributed by atoms with Crippen LogP contribution >= 0.6 is 0 Å². The lowest BCUT2D eigenvalue weighted by Crippen LogP contribution is -2.56. The van der Waals surface area contributed by atoms with E-state index in [1.165, 1.54) is 12.8 Å². The maximum absolute atomic E-state index is 13.0. The summed E-state index contributed by atoms with van der Waals surface area (Å²) >= 11 is 0. The van der Waals surface area contributed by atoms with Crippen LogP contribution < -0.4 is 10.6 Å². The molecule has 1 aromatic rings. The molecule has 0 saturated carbocycles. The summed E-state index contributed by atoms with van der Waals surface area (Å²) in [7, 11) is 0. The minimum Gasteiger partial charge on any atom is -0.352 e. The fraction of sp³-hybridized carbons (Fsp3) is 0.778. The van der Waals surface area contributed by atoms with Gasteiger partial charge in [-0.25, -0.2) is 0 Å². The minimum atomic E-state index is -0.537. The van der Waals surface area contributed by atoms with Crippen molar-refractivity contribution in [2.45, 2.75) is 51.1 Å². The molecule has 0 aromatic carbocycles. The average molecular weight is 333 g/mol. The predicted octanol–water partition coefficient (Wildman–Crippen LogP) is 1.20. The molecule has 1 atom stereocenters. The van der Waals surface area contributed by atoms with Crippen LogP contribution in [0.5, 0.6) is 0 Å². The fourth-order valence-electron chi connectivity index (χ4n) is 3.93. The highest BCUT2D eigenvalue weighted by Crippen LogP contribution is 2.27. The van der Waals surface area contributed by atoms with Gasteiger partial charge >= 0.3 is 0 Å². The lowest BCUT2D eigenvalue weighted by Gasteiger charge is -2.38. The average Bonchev–Trinajstić information content (AvgIpc) is 3.15. The van der Waals surface area contributed by atoms with Gasteiger partial charge in [0.1, 0.15) is 5.54 Å². The molecule has 3 heterocycles. The topological polar surface area (TPSA) is 62.2 Å². The maximum atomic E-state index is 13.0. The molecule has 2 aliphatic rings. The van der Waals surface area contributed by atoms with Crippen molar-refractivity contribution in [2.75, 3.05) is 32.7 Å². The summed E-state index contributed by atoms with van der Waals surface area (Å²) in [5, 5.41) is 10.9. The molecule has 2 aliphatic heterocycles. The highest BCUT2D eigenvalue weighted by Gasteiger charge is 2.42. The van der Waals surface area contributed by atoms with Crippen molar-refractivity contribution < 1.29 is 4.79 Å². The van der Waals surface area contributed by atoms with E-state index in [4.69, 9.17) is 0 Å². The number of carbonyl (C=O) groups excluding carboxylic acids is 1. The number of nitrogens with one attached hydrogen (secondary N) is 2. The van der Waals surface area contributed by atoms with Crippen molar-refractivity contribution in [2.24, 2.45) is 5.92 Å². The van der Waals surface area contributed by atoms with E-state index >= 15 is 0 Å². The zero-order chi connectivity index (χ0) is 17.0. The van der Waals surface area contributed by atoms with Crippen molar-refractivity contribution in [3.63, 3.8) is 0 Å². The molecule has 0 aliphatic carbocycles. The molecule has 1 amide bonds. The van der Waals surface area contributed by atoms with Gasteiger partial charge in [0.05, 0.1) is 0 Å². The van der Waals surface area contributed by atoms with Crippen molar-refractivity contribution in [1.82, 2.24) is 25.3 Å². The Balaban J connectivity index is 1.60. The number of hydrogen-bond acceptors (Lipinski definition) is 4. The predicted molar refractivity (Wildman–Crippen MR) is 94.7 cm³/mol. The van der Waals surface area contributed by atoms with Gasteiger partial charge in [0.2, 0.25) is 5.91 Å². The lowest BCUT2D eigenvalue weighted by molar-refractivity contribution is -0.132. The molecule has 0 radical (unpaired) electrons. The highest BCUT2D eigenvalue weighted by atomic mass is 16.2. The molecule has 6 heteroatoms. The van der Waals surface area contributed by atoms with Crippen molar-refractivity contribution in [3.05, 3.63) is 18.5 Å². The first kappa shape index (κ1) is 17.4. The number of carbonyl (C=O) groups is 1. The smallest absolute Gasteiger partial charge is 0.248 e. The number of nitrogens with zero attached hydrogens (tertiary/aromatic N) is 3. The summed E-state index contributed by atoms with van der Waals surface area (Å²) in [6.45, 7) is 9.26. The normalized spacial score (nSPS) is 23.8. The van der Waals surface area contributed by atoms with Crippen LogP contribution in [0.3, 0.4) is 0 Å². The molecule has 2 fully saturated rings. The monoisotopic (exact) mass is 333 g/mol. The Kier molecular flexibility index (Phi) is 5.56. The van der Waals surface area contributed by atoms with Gasteiger partial charge in [0, 0.05) is 25.0 Å². The zero-order valence-corrected chi connectivity index (χ0v) is 15.0. The van der Waals surface area contributed by atoms with Crippen LogP contribution in [0, 0.1) is 5.92 Å². The van der Waals surface area contributed by atoms with Crippen molar-refractivity contribution in [1.29, 1.82) is 0 Å². The maximum Gasteiger partial charge on any atom is 0.248 e. The van der Waals surface area contributed by atoms with E-state index in [0.29, 0.717) is 12.6 Å². The Morgan fingerprint density at radius 2 is 2.08 bits per heavy atom. The Hall–Kier alpha value is -1.40. The van der Waals surface area contributed by atoms with Crippen molar-refractivity contribution >= 4 is 5.91 Å².